The Balaban J connectivity index is 1.94. The molecule has 14 heavy (non-hydrogen) atoms. The first-order chi connectivity index (χ1) is 6.84. The Morgan fingerprint density at radius 2 is 2.00 bits per heavy atom. The molecule has 0 spiro atoms. The van der Waals surface area contributed by atoms with Crippen LogP contribution in [0.2, 0.25) is 0 Å². The minimum Gasteiger partial charge on any atom is -0.295 e. The van der Waals surface area contributed by atoms with Gasteiger partial charge in [0.2, 0.25) is 0 Å². The smallest absolute Gasteiger partial charge is 0.0237 e. The molecule has 74 valence electrons. The van der Waals surface area contributed by atoms with Gasteiger partial charge in [0.1, 0.15) is 0 Å². The van der Waals surface area contributed by atoms with Crippen LogP contribution in [-0.4, -0.2) is 18.0 Å². The van der Waals surface area contributed by atoms with Crippen LogP contribution in [0.4, 0.5) is 0 Å². The van der Waals surface area contributed by atoms with Crippen LogP contribution in [0.25, 0.3) is 0 Å². The monoisotopic (exact) mass is 187 g/mol. The predicted octanol–water partition coefficient (Wildman–Crippen LogP) is 2.84. The van der Waals surface area contributed by atoms with Gasteiger partial charge in [-0.25, -0.2) is 0 Å². The third kappa shape index (κ3) is 2.46. The van der Waals surface area contributed by atoms with Crippen LogP contribution in [0.3, 0.4) is 0 Å². The van der Waals surface area contributed by atoms with Gasteiger partial charge in [0.25, 0.3) is 0 Å². The SMILES string of the molecule is C=C1CCCN(Cc2ccccc2)C1. The second-order valence-corrected chi connectivity index (χ2v) is 4.05. The Bertz CT molecular complexity index is 302. The second-order valence-electron chi connectivity index (χ2n) is 4.05. The molecule has 0 unspecified atom stereocenters. The number of hydrogen-bond acceptors (Lipinski definition) is 1. The van der Waals surface area contributed by atoms with Crippen LogP contribution in [0.1, 0.15) is 18.4 Å². The Morgan fingerprint density at radius 3 is 2.71 bits per heavy atom. The van der Waals surface area contributed by atoms with Gasteiger partial charge in [-0.2, -0.15) is 0 Å². The van der Waals surface area contributed by atoms with Crippen LogP contribution in [0, 0.1) is 0 Å². The van der Waals surface area contributed by atoms with Gasteiger partial charge in [-0.3, -0.25) is 4.90 Å². The van der Waals surface area contributed by atoms with Gasteiger partial charge in [-0.15, -0.1) is 0 Å². The lowest BCUT2D eigenvalue weighted by molar-refractivity contribution is 0.258. The van der Waals surface area contributed by atoms with Gasteiger partial charge in [0.15, 0.2) is 0 Å². The first-order valence-electron chi connectivity index (χ1n) is 5.27. The summed E-state index contributed by atoms with van der Waals surface area (Å²) in [6.45, 7) is 7.43. The van der Waals surface area contributed by atoms with Crippen LogP contribution in [0.5, 0.6) is 0 Å². The molecule has 1 aliphatic rings. The zero-order valence-corrected chi connectivity index (χ0v) is 8.58. The van der Waals surface area contributed by atoms with E-state index < -0.39 is 0 Å². The fourth-order valence-corrected chi connectivity index (χ4v) is 2.00. The summed E-state index contributed by atoms with van der Waals surface area (Å²) in [4.78, 5) is 2.47. The number of likely N-dealkylation sites (tertiary alicyclic amines) is 1. The van der Waals surface area contributed by atoms with E-state index in [1.807, 2.05) is 0 Å². The average Bonchev–Trinajstić information content (AvgIpc) is 2.19. The lowest BCUT2D eigenvalue weighted by Gasteiger charge is -2.27. The van der Waals surface area contributed by atoms with Crippen LogP contribution >= 0.6 is 0 Å². The molecule has 1 nitrogen and oxygen atoms in total. The maximum absolute atomic E-state index is 4.06. The molecule has 0 radical (unpaired) electrons. The van der Waals surface area contributed by atoms with Crippen molar-refractivity contribution in [2.75, 3.05) is 13.1 Å². The third-order valence-corrected chi connectivity index (χ3v) is 2.70. The number of piperidine rings is 1. The van der Waals surface area contributed by atoms with Gasteiger partial charge in [0.05, 0.1) is 0 Å². The summed E-state index contributed by atoms with van der Waals surface area (Å²) in [5.41, 5.74) is 2.79. The van der Waals surface area contributed by atoms with Crippen molar-refractivity contribution in [3.8, 4) is 0 Å². The average molecular weight is 187 g/mol. The molecule has 1 heteroatoms. The summed E-state index contributed by atoms with van der Waals surface area (Å²) in [6.07, 6.45) is 2.48. The Kier molecular flexibility index (Phi) is 3.00. The molecule has 0 aromatic heterocycles. The van der Waals surface area contributed by atoms with Gasteiger partial charge >= 0.3 is 0 Å². The van der Waals surface area contributed by atoms with E-state index in [1.165, 1.54) is 30.5 Å². The fraction of sp³-hybridized carbons (Fsp3) is 0.385. The van der Waals surface area contributed by atoms with E-state index in [4.69, 9.17) is 0 Å². The third-order valence-electron chi connectivity index (χ3n) is 2.70. The van der Waals surface area contributed by atoms with Crippen LogP contribution < -0.4 is 0 Å². The standard InChI is InChI=1S/C13H17N/c1-12-6-5-9-14(10-12)11-13-7-3-2-4-8-13/h2-4,7-8H,1,5-6,9-11H2. The highest BCUT2D eigenvalue weighted by Crippen LogP contribution is 2.15. The van der Waals surface area contributed by atoms with E-state index >= 15 is 0 Å². The van der Waals surface area contributed by atoms with Gasteiger partial charge in [0, 0.05) is 13.1 Å². The van der Waals surface area contributed by atoms with Crippen molar-refractivity contribution in [3.63, 3.8) is 0 Å². The van der Waals surface area contributed by atoms with E-state index in [9.17, 15) is 0 Å². The quantitative estimate of drug-likeness (QED) is 0.643. The van der Waals surface area contributed by atoms with Crippen molar-refractivity contribution in [1.82, 2.24) is 4.90 Å². The molecular weight excluding hydrogens is 170 g/mol. The van der Waals surface area contributed by atoms with Crippen molar-refractivity contribution in [2.24, 2.45) is 0 Å². The summed E-state index contributed by atoms with van der Waals surface area (Å²) < 4.78 is 0. The molecular formula is C13H17N. The highest BCUT2D eigenvalue weighted by molar-refractivity contribution is 5.15. The van der Waals surface area contributed by atoms with E-state index in [0.29, 0.717) is 0 Å². The Morgan fingerprint density at radius 1 is 1.21 bits per heavy atom. The molecule has 1 aliphatic heterocycles. The normalized spacial score (nSPS) is 18.4. The molecule has 1 fully saturated rings. The number of hydrogen-bond donors (Lipinski definition) is 0. The number of benzene rings is 1. The summed E-state index contributed by atoms with van der Waals surface area (Å²) >= 11 is 0. The molecule has 0 amide bonds. The molecule has 1 heterocycles. The maximum atomic E-state index is 4.06. The van der Waals surface area contributed by atoms with Crippen molar-refractivity contribution in [1.29, 1.82) is 0 Å². The summed E-state index contributed by atoms with van der Waals surface area (Å²) in [5, 5.41) is 0. The Labute approximate surface area is 86.1 Å². The van der Waals surface area contributed by atoms with Gasteiger partial charge < -0.3 is 0 Å². The predicted molar refractivity (Wildman–Crippen MR) is 60.1 cm³/mol. The molecule has 1 aromatic carbocycles. The number of rotatable bonds is 2. The molecule has 0 atom stereocenters. The fourth-order valence-electron chi connectivity index (χ4n) is 2.00. The largest absolute Gasteiger partial charge is 0.295 e. The molecule has 0 aliphatic carbocycles. The molecule has 2 rings (SSSR count). The van der Waals surface area contributed by atoms with E-state index in [-0.39, 0.29) is 0 Å². The Hall–Kier alpha value is -1.08. The van der Waals surface area contributed by atoms with Crippen LogP contribution in [0.15, 0.2) is 42.5 Å². The van der Waals surface area contributed by atoms with E-state index in [2.05, 4.69) is 41.8 Å². The zero-order chi connectivity index (χ0) is 9.80. The molecule has 1 aromatic rings. The molecule has 0 N–H and O–H groups in total. The second kappa shape index (κ2) is 4.43. The lowest BCUT2D eigenvalue weighted by atomic mass is 10.1. The van der Waals surface area contributed by atoms with Gasteiger partial charge in [-0.1, -0.05) is 42.5 Å². The molecule has 0 saturated carbocycles. The maximum Gasteiger partial charge on any atom is 0.0237 e. The van der Waals surface area contributed by atoms with Crippen LogP contribution in [-0.2, 0) is 6.54 Å². The topological polar surface area (TPSA) is 3.24 Å². The number of nitrogens with zero attached hydrogens (tertiary/aromatic N) is 1. The van der Waals surface area contributed by atoms with Crippen molar-refractivity contribution >= 4 is 0 Å². The highest BCUT2D eigenvalue weighted by Gasteiger charge is 2.12. The van der Waals surface area contributed by atoms with Crippen molar-refractivity contribution in [3.05, 3.63) is 48.0 Å². The van der Waals surface area contributed by atoms with E-state index in [0.717, 1.165) is 13.1 Å². The summed E-state index contributed by atoms with van der Waals surface area (Å²) in [7, 11) is 0. The highest BCUT2D eigenvalue weighted by atomic mass is 15.1. The molecule has 1 saturated heterocycles. The van der Waals surface area contributed by atoms with Gasteiger partial charge in [-0.05, 0) is 24.9 Å². The lowest BCUT2D eigenvalue weighted by Crippen LogP contribution is -2.30. The first kappa shape index (κ1) is 9.47. The summed E-state index contributed by atoms with van der Waals surface area (Å²) in [5.74, 6) is 0. The van der Waals surface area contributed by atoms with Crippen molar-refractivity contribution in [2.45, 2.75) is 19.4 Å². The van der Waals surface area contributed by atoms with Crippen molar-refractivity contribution < 1.29 is 0 Å². The minimum absolute atomic E-state index is 1.07. The summed E-state index contributed by atoms with van der Waals surface area (Å²) in [6, 6.07) is 10.7. The molecule has 0 bridgehead atoms. The minimum atomic E-state index is 1.07. The zero-order valence-electron chi connectivity index (χ0n) is 8.58. The van der Waals surface area contributed by atoms with E-state index in [1.54, 1.807) is 0 Å². The first-order valence-corrected chi connectivity index (χ1v) is 5.27.